The predicted octanol–water partition coefficient (Wildman–Crippen LogP) is 4.75. The van der Waals surface area contributed by atoms with Crippen LogP contribution < -0.4 is 5.32 Å². The molecule has 2 aromatic carbocycles. The fourth-order valence-corrected chi connectivity index (χ4v) is 6.09. The van der Waals surface area contributed by atoms with E-state index in [9.17, 15) is 13.2 Å². The maximum Gasteiger partial charge on any atom is 0.244 e. The zero-order valence-electron chi connectivity index (χ0n) is 15.2. The highest BCUT2D eigenvalue weighted by Crippen LogP contribution is 2.31. The molecule has 1 N–H and O–H groups in total. The predicted molar refractivity (Wildman–Crippen MR) is 115 cm³/mol. The molecule has 28 heavy (non-hydrogen) atoms. The summed E-state index contributed by atoms with van der Waals surface area (Å²) in [5.74, 6) is -0.456. The van der Waals surface area contributed by atoms with Crippen molar-refractivity contribution in [1.29, 1.82) is 0 Å². The first kappa shape index (κ1) is 21.5. The number of hydrogen-bond donors (Lipinski definition) is 1. The van der Waals surface area contributed by atoms with Gasteiger partial charge in [-0.1, -0.05) is 35.3 Å². The molecule has 1 aliphatic heterocycles. The maximum atomic E-state index is 13.0. The van der Waals surface area contributed by atoms with E-state index in [0.717, 1.165) is 4.90 Å². The molecule has 0 spiro atoms. The highest BCUT2D eigenvalue weighted by Gasteiger charge is 2.33. The van der Waals surface area contributed by atoms with E-state index in [-0.39, 0.29) is 11.8 Å². The molecule has 1 amide bonds. The van der Waals surface area contributed by atoms with Gasteiger partial charge in [0.05, 0.1) is 15.6 Å². The summed E-state index contributed by atoms with van der Waals surface area (Å²) < 4.78 is 27.4. The van der Waals surface area contributed by atoms with E-state index < -0.39 is 10.0 Å². The van der Waals surface area contributed by atoms with Crippen LogP contribution in [0.1, 0.15) is 12.8 Å². The SMILES string of the molecule is CSc1ccccc1S(=O)(=O)N1CCC(C(=O)Nc2cc(Cl)ccc2Cl)CC1. The molecule has 0 bridgehead atoms. The van der Waals surface area contributed by atoms with Gasteiger partial charge >= 0.3 is 0 Å². The third kappa shape index (κ3) is 4.66. The van der Waals surface area contributed by atoms with Crippen LogP contribution in [0.4, 0.5) is 5.69 Å². The topological polar surface area (TPSA) is 66.5 Å². The van der Waals surface area contributed by atoms with Crippen molar-refractivity contribution in [3.63, 3.8) is 0 Å². The molecule has 9 heteroatoms. The van der Waals surface area contributed by atoms with Gasteiger partial charge in [-0.15, -0.1) is 11.8 Å². The zero-order valence-corrected chi connectivity index (χ0v) is 18.3. The molecule has 1 aliphatic rings. The summed E-state index contributed by atoms with van der Waals surface area (Å²) in [6, 6.07) is 11.8. The summed E-state index contributed by atoms with van der Waals surface area (Å²) in [5.41, 5.74) is 0.461. The summed E-state index contributed by atoms with van der Waals surface area (Å²) in [4.78, 5) is 13.6. The molecule has 5 nitrogen and oxygen atoms in total. The van der Waals surface area contributed by atoms with Crippen molar-refractivity contribution in [3.8, 4) is 0 Å². The lowest BCUT2D eigenvalue weighted by Gasteiger charge is -2.31. The number of nitrogens with one attached hydrogen (secondary N) is 1. The van der Waals surface area contributed by atoms with Gasteiger partial charge in [-0.05, 0) is 49.4 Å². The number of amides is 1. The number of hydrogen-bond acceptors (Lipinski definition) is 4. The Labute approximate surface area is 179 Å². The zero-order chi connectivity index (χ0) is 20.3. The van der Waals surface area contributed by atoms with Gasteiger partial charge in [0.2, 0.25) is 15.9 Å². The number of benzene rings is 2. The van der Waals surface area contributed by atoms with Crippen molar-refractivity contribution in [2.75, 3.05) is 24.7 Å². The second-order valence-electron chi connectivity index (χ2n) is 6.44. The summed E-state index contributed by atoms with van der Waals surface area (Å²) in [6.07, 6.45) is 2.75. The van der Waals surface area contributed by atoms with E-state index in [4.69, 9.17) is 23.2 Å². The summed E-state index contributed by atoms with van der Waals surface area (Å²) in [5, 5.41) is 3.69. The molecule has 1 heterocycles. The molecule has 0 aliphatic carbocycles. The minimum Gasteiger partial charge on any atom is -0.324 e. The van der Waals surface area contributed by atoms with Gasteiger partial charge in [0.25, 0.3) is 0 Å². The van der Waals surface area contributed by atoms with E-state index in [0.29, 0.717) is 46.6 Å². The Balaban J connectivity index is 1.67. The average molecular weight is 459 g/mol. The number of nitrogens with zero attached hydrogens (tertiary/aromatic N) is 1. The number of anilines is 1. The Bertz CT molecular complexity index is 975. The van der Waals surface area contributed by atoms with Gasteiger partial charge in [-0.2, -0.15) is 4.31 Å². The second kappa shape index (κ2) is 9.05. The number of carbonyl (C=O) groups is 1. The third-order valence-corrected chi connectivity index (χ3v) is 8.14. The van der Waals surface area contributed by atoms with Crippen LogP contribution in [0.5, 0.6) is 0 Å². The number of carbonyl (C=O) groups excluding carboxylic acids is 1. The molecule has 0 aromatic heterocycles. The molecule has 0 radical (unpaired) electrons. The summed E-state index contributed by atoms with van der Waals surface area (Å²) in [6.45, 7) is 0.596. The highest BCUT2D eigenvalue weighted by atomic mass is 35.5. The quantitative estimate of drug-likeness (QED) is 0.656. The minimum absolute atomic E-state index is 0.175. The van der Waals surface area contributed by atoms with E-state index in [1.165, 1.54) is 16.1 Å². The Morgan fingerprint density at radius 2 is 1.82 bits per heavy atom. The number of piperidine rings is 1. The number of sulfonamides is 1. The van der Waals surface area contributed by atoms with Gasteiger partial charge in [-0.3, -0.25) is 4.79 Å². The lowest BCUT2D eigenvalue weighted by atomic mass is 9.97. The van der Waals surface area contributed by atoms with Gasteiger partial charge in [0.15, 0.2) is 0 Å². The van der Waals surface area contributed by atoms with E-state index in [1.54, 1.807) is 36.4 Å². The normalized spacial score (nSPS) is 16.1. The third-order valence-electron chi connectivity index (χ3n) is 4.70. The fraction of sp³-hybridized carbons (Fsp3) is 0.316. The Kier molecular flexibility index (Phi) is 6.94. The van der Waals surface area contributed by atoms with Crippen LogP contribution in [-0.4, -0.2) is 38.0 Å². The first-order chi connectivity index (χ1) is 13.3. The standard InChI is InChI=1S/C19H20Cl2N2O3S2/c1-27-17-4-2-3-5-18(17)28(25,26)23-10-8-13(9-11-23)19(24)22-16-12-14(20)6-7-15(16)21/h2-7,12-13H,8-11H2,1H3,(H,22,24). The molecule has 150 valence electrons. The maximum absolute atomic E-state index is 13.0. The molecule has 0 saturated carbocycles. The van der Waals surface area contributed by atoms with Crippen molar-refractivity contribution < 1.29 is 13.2 Å². The van der Waals surface area contributed by atoms with Gasteiger partial charge in [0.1, 0.15) is 0 Å². The van der Waals surface area contributed by atoms with Crippen molar-refractivity contribution in [2.24, 2.45) is 5.92 Å². The average Bonchev–Trinajstić information content (AvgIpc) is 2.70. The van der Waals surface area contributed by atoms with E-state index >= 15 is 0 Å². The van der Waals surface area contributed by atoms with Crippen LogP contribution >= 0.6 is 35.0 Å². The molecular weight excluding hydrogens is 439 g/mol. The minimum atomic E-state index is -3.58. The van der Waals surface area contributed by atoms with Crippen molar-refractivity contribution in [3.05, 3.63) is 52.5 Å². The number of halogens is 2. The first-order valence-corrected chi connectivity index (χ1v) is 12.1. The Morgan fingerprint density at radius 1 is 1.14 bits per heavy atom. The molecule has 1 saturated heterocycles. The van der Waals surface area contributed by atoms with Crippen LogP contribution in [0.15, 0.2) is 52.3 Å². The van der Waals surface area contributed by atoms with Gasteiger partial charge in [0, 0.05) is 28.9 Å². The summed E-state index contributed by atoms with van der Waals surface area (Å²) in [7, 11) is -3.58. The van der Waals surface area contributed by atoms with Crippen LogP contribution in [-0.2, 0) is 14.8 Å². The molecule has 1 fully saturated rings. The fourth-order valence-electron chi connectivity index (χ4n) is 3.16. The second-order valence-corrected chi connectivity index (χ2v) is 10.0. The Hall–Kier alpha value is -1.25. The van der Waals surface area contributed by atoms with Gasteiger partial charge in [-0.25, -0.2) is 8.42 Å². The molecule has 2 aromatic rings. The largest absolute Gasteiger partial charge is 0.324 e. The molecular formula is C19H20Cl2N2O3S2. The van der Waals surface area contributed by atoms with Crippen LogP contribution in [0.2, 0.25) is 10.0 Å². The van der Waals surface area contributed by atoms with E-state index in [1.807, 2.05) is 12.3 Å². The van der Waals surface area contributed by atoms with Crippen molar-refractivity contribution in [1.82, 2.24) is 4.31 Å². The smallest absolute Gasteiger partial charge is 0.244 e. The summed E-state index contributed by atoms with van der Waals surface area (Å²) >= 11 is 13.5. The number of thioether (sulfide) groups is 1. The Morgan fingerprint density at radius 3 is 2.50 bits per heavy atom. The monoisotopic (exact) mass is 458 g/mol. The molecule has 3 rings (SSSR count). The lowest BCUT2D eigenvalue weighted by Crippen LogP contribution is -2.41. The van der Waals surface area contributed by atoms with E-state index in [2.05, 4.69) is 5.32 Å². The van der Waals surface area contributed by atoms with Gasteiger partial charge < -0.3 is 5.32 Å². The van der Waals surface area contributed by atoms with Crippen molar-refractivity contribution in [2.45, 2.75) is 22.6 Å². The lowest BCUT2D eigenvalue weighted by molar-refractivity contribution is -0.120. The first-order valence-electron chi connectivity index (χ1n) is 8.72. The van der Waals surface area contributed by atoms with Crippen LogP contribution in [0, 0.1) is 5.92 Å². The van der Waals surface area contributed by atoms with Crippen LogP contribution in [0.25, 0.3) is 0 Å². The highest BCUT2D eigenvalue weighted by molar-refractivity contribution is 7.99. The molecule has 0 atom stereocenters. The van der Waals surface area contributed by atoms with Crippen LogP contribution in [0.3, 0.4) is 0 Å². The molecule has 0 unspecified atom stereocenters. The van der Waals surface area contributed by atoms with Crippen molar-refractivity contribution >= 4 is 56.6 Å². The number of rotatable bonds is 5.